The molecule has 0 aromatic carbocycles. The van der Waals surface area contributed by atoms with Crippen molar-refractivity contribution < 1.29 is 18.9 Å². The summed E-state index contributed by atoms with van der Waals surface area (Å²) < 4.78 is 10.9. The molecule has 0 fully saturated rings. The maximum atomic E-state index is 11.6. The van der Waals surface area contributed by atoms with E-state index in [1.807, 2.05) is 13.8 Å². The van der Waals surface area contributed by atoms with Crippen molar-refractivity contribution in [3.8, 4) is 0 Å². The molecule has 0 rings (SSSR count). The number of nitrogens with one attached hydrogen (secondary N) is 2. The molecule has 0 aliphatic rings. The Morgan fingerprint density at radius 3 is 2.21 bits per heavy atom. The molecule has 7 heteroatoms. The number of carboxylic acid groups (broad SMARTS) is 1. The van der Waals surface area contributed by atoms with Crippen molar-refractivity contribution in [2.45, 2.75) is 45.7 Å². The van der Waals surface area contributed by atoms with Crippen LogP contribution in [0, 0.1) is 5.92 Å². The van der Waals surface area contributed by atoms with Crippen molar-refractivity contribution in [1.82, 2.24) is 10.6 Å². The first-order valence-corrected chi connectivity index (χ1v) is 8.05. The number of rotatable bonds is 8. The van der Waals surface area contributed by atoms with E-state index >= 15 is 0 Å². The highest BCUT2D eigenvalue weighted by molar-refractivity contribution is 7.84. The Kier molecular flexibility index (Phi) is 8.38. The first-order valence-electron chi connectivity index (χ1n) is 6.32. The van der Waals surface area contributed by atoms with Crippen molar-refractivity contribution in [3.05, 3.63) is 0 Å². The molecule has 19 heavy (non-hydrogen) atoms. The fraction of sp³-hybridized carbons (Fsp3) is 0.833. The molecule has 0 aromatic heterocycles. The number of aliphatic carboxylic acids is 1. The van der Waals surface area contributed by atoms with E-state index in [0.29, 0.717) is 18.6 Å². The zero-order valence-corrected chi connectivity index (χ0v) is 12.8. The van der Waals surface area contributed by atoms with Gasteiger partial charge in [-0.2, -0.15) is 0 Å². The monoisotopic (exact) mass is 292 g/mol. The van der Waals surface area contributed by atoms with Crippen LogP contribution in [0.1, 0.15) is 33.6 Å². The van der Waals surface area contributed by atoms with Crippen LogP contribution in [0.25, 0.3) is 0 Å². The number of carboxylic acids is 1. The average Bonchev–Trinajstić information content (AvgIpc) is 2.24. The number of carbonyl (C=O) groups excluding carboxylic acids is 1. The molecule has 0 bridgehead atoms. The van der Waals surface area contributed by atoms with Gasteiger partial charge in [-0.25, -0.2) is 9.59 Å². The Balaban J connectivity index is 4.18. The summed E-state index contributed by atoms with van der Waals surface area (Å²) in [7, 11) is -0.893. The number of hydrogen-bond donors (Lipinski definition) is 3. The Hall–Kier alpha value is -1.11. The predicted octanol–water partition coefficient (Wildman–Crippen LogP) is 0.942. The van der Waals surface area contributed by atoms with Gasteiger partial charge in [-0.15, -0.1) is 0 Å². The van der Waals surface area contributed by atoms with Crippen LogP contribution in [-0.4, -0.2) is 45.4 Å². The molecule has 112 valence electrons. The third-order valence-corrected chi connectivity index (χ3v) is 3.34. The second kappa shape index (κ2) is 8.90. The van der Waals surface area contributed by atoms with E-state index in [4.69, 9.17) is 5.11 Å². The molecule has 0 radical (unpaired) electrons. The van der Waals surface area contributed by atoms with Crippen molar-refractivity contribution in [3.63, 3.8) is 0 Å². The maximum absolute atomic E-state index is 11.6. The highest BCUT2D eigenvalue weighted by Gasteiger charge is 2.21. The van der Waals surface area contributed by atoms with E-state index in [1.54, 1.807) is 13.2 Å². The van der Waals surface area contributed by atoms with Gasteiger partial charge in [-0.1, -0.05) is 13.8 Å². The van der Waals surface area contributed by atoms with Crippen LogP contribution in [0.3, 0.4) is 0 Å². The third kappa shape index (κ3) is 9.47. The van der Waals surface area contributed by atoms with Crippen LogP contribution in [0.2, 0.25) is 0 Å². The third-order valence-electron chi connectivity index (χ3n) is 2.53. The highest BCUT2D eigenvalue weighted by Crippen LogP contribution is 2.05. The Bertz CT molecular complexity index is 334. The zero-order valence-electron chi connectivity index (χ0n) is 11.9. The van der Waals surface area contributed by atoms with Crippen LogP contribution in [0.15, 0.2) is 0 Å². The number of carbonyl (C=O) groups is 2. The Labute approximate surface area is 116 Å². The summed E-state index contributed by atoms with van der Waals surface area (Å²) in [5, 5.41) is 14.1. The molecule has 0 aliphatic carbocycles. The molecule has 2 unspecified atom stereocenters. The van der Waals surface area contributed by atoms with Crippen molar-refractivity contribution in [2.75, 3.05) is 12.0 Å². The summed E-state index contributed by atoms with van der Waals surface area (Å²) in [6.45, 7) is 5.59. The first kappa shape index (κ1) is 17.9. The van der Waals surface area contributed by atoms with Gasteiger partial charge in [0.15, 0.2) is 0 Å². The number of hydrogen-bond acceptors (Lipinski definition) is 3. The SMILES string of the molecule is CC(C)C[C@@H](NC(=O)NC(C)CCS(C)=O)C(=O)O. The highest BCUT2D eigenvalue weighted by atomic mass is 32.2. The lowest BCUT2D eigenvalue weighted by Gasteiger charge is -2.19. The summed E-state index contributed by atoms with van der Waals surface area (Å²) in [6.07, 6.45) is 2.59. The number of urea groups is 1. The van der Waals surface area contributed by atoms with Crippen LogP contribution >= 0.6 is 0 Å². The van der Waals surface area contributed by atoms with Gasteiger partial charge in [-0.05, 0) is 25.7 Å². The number of amides is 2. The summed E-state index contributed by atoms with van der Waals surface area (Å²) in [5.41, 5.74) is 0. The summed E-state index contributed by atoms with van der Waals surface area (Å²) in [5.74, 6) is -0.344. The normalized spacial score (nSPS) is 15.6. The Morgan fingerprint density at radius 1 is 1.21 bits per heavy atom. The molecular formula is C12H24N2O4S. The molecule has 0 aliphatic heterocycles. The summed E-state index contributed by atoms with van der Waals surface area (Å²) >= 11 is 0. The Morgan fingerprint density at radius 2 is 1.79 bits per heavy atom. The zero-order chi connectivity index (χ0) is 15.0. The van der Waals surface area contributed by atoms with E-state index in [1.165, 1.54) is 0 Å². The van der Waals surface area contributed by atoms with Crippen LogP contribution < -0.4 is 10.6 Å². The van der Waals surface area contributed by atoms with Gasteiger partial charge in [-0.3, -0.25) is 4.21 Å². The molecule has 0 saturated heterocycles. The van der Waals surface area contributed by atoms with E-state index in [0.717, 1.165) is 0 Å². The smallest absolute Gasteiger partial charge is 0.326 e. The minimum Gasteiger partial charge on any atom is -0.480 e. The maximum Gasteiger partial charge on any atom is 0.326 e. The van der Waals surface area contributed by atoms with E-state index < -0.39 is 28.8 Å². The molecule has 0 aromatic rings. The fourth-order valence-corrected chi connectivity index (χ4v) is 2.22. The average molecular weight is 292 g/mol. The summed E-state index contributed by atoms with van der Waals surface area (Å²) in [6, 6.07) is -1.52. The van der Waals surface area contributed by atoms with Gasteiger partial charge >= 0.3 is 12.0 Å². The largest absolute Gasteiger partial charge is 0.480 e. The minimum absolute atomic E-state index is 0.141. The molecule has 2 amide bonds. The molecule has 0 saturated carbocycles. The molecule has 3 N–H and O–H groups in total. The minimum atomic E-state index is -1.04. The summed E-state index contributed by atoms with van der Waals surface area (Å²) in [4.78, 5) is 22.6. The van der Waals surface area contributed by atoms with Gasteiger partial charge in [0, 0.05) is 28.9 Å². The van der Waals surface area contributed by atoms with Gasteiger partial charge in [0.25, 0.3) is 0 Å². The topological polar surface area (TPSA) is 95.5 Å². The van der Waals surface area contributed by atoms with E-state index in [2.05, 4.69) is 10.6 Å². The van der Waals surface area contributed by atoms with Crippen LogP contribution in [-0.2, 0) is 15.6 Å². The fourth-order valence-electron chi connectivity index (χ4n) is 1.53. The van der Waals surface area contributed by atoms with Crippen LogP contribution in [0.5, 0.6) is 0 Å². The molecule has 0 spiro atoms. The lowest BCUT2D eigenvalue weighted by Crippen LogP contribution is -2.49. The van der Waals surface area contributed by atoms with E-state index in [9.17, 15) is 13.8 Å². The van der Waals surface area contributed by atoms with Gasteiger partial charge in [0.1, 0.15) is 6.04 Å². The first-order chi connectivity index (χ1) is 8.72. The van der Waals surface area contributed by atoms with E-state index in [-0.39, 0.29) is 12.0 Å². The lowest BCUT2D eigenvalue weighted by molar-refractivity contribution is -0.139. The van der Waals surface area contributed by atoms with Crippen LogP contribution in [0.4, 0.5) is 4.79 Å². The standard InChI is InChI=1S/C12H24N2O4S/c1-8(2)7-10(11(15)16)14-12(17)13-9(3)5-6-19(4)18/h8-10H,5-7H2,1-4H3,(H,15,16)(H2,13,14,17)/t9?,10-,19?/m1/s1. The van der Waals surface area contributed by atoms with Gasteiger partial charge < -0.3 is 15.7 Å². The molecular weight excluding hydrogens is 268 g/mol. The molecule has 0 heterocycles. The van der Waals surface area contributed by atoms with Gasteiger partial charge in [0.05, 0.1) is 0 Å². The quantitative estimate of drug-likeness (QED) is 0.620. The second-order valence-corrected chi connectivity index (χ2v) is 6.66. The second-order valence-electron chi connectivity index (χ2n) is 5.11. The lowest BCUT2D eigenvalue weighted by atomic mass is 10.0. The van der Waals surface area contributed by atoms with Crippen molar-refractivity contribution in [2.24, 2.45) is 5.92 Å². The molecule has 6 nitrogen and oxygen atoms in total. The molecule has 3 atom stereocenters. The van der Waals surface area contributed by atoms with Crippen molar-refractivity contribution in [1.29, 1.82) is 0 Å². The van der Waals surface area contributed by atoms with Crippen molar-refractivity contribution >= 4 is 22.8 Å². The predicted molar refractivity (Wildman–Crippen MR) is 75.6 cm³/mol. The van der Waals surface area contributed by atoms with Gasteiger partial charge in [0.2, 0.25) is 0 Å².